The molecule has 0 saturated heterocycles. The van der Waals surface area contributed by atoms with E-state index in [4.69, 9.17) is 27.9 Å². The fourth-order valence-electron chi connectivity index (χ4n) is 1.20. The van der Waals surface area contributed by atoms with Gasteiger partial charge in [-0.15, -0.1) is 0 Å². The van der Waals surface area contributed by atoms with E-state index < -0.39 is 17.4 Å². The maximum absolute atomic E-state index is 13.3. The average Bonchev–Trinajstić information content (AvgIpc) is 2.22. The van der Waals surface area contributed by atoms with E-state index in [9.17, 15) is 8.78 Å². The molecule has 0 unspecified atom stereocenters. The minimum absolute atomic E-state index is 0.0734. The van der Waals surface area contributed by atoms with Gasteiger partial charge in [-0.1, -0.05) is 29.3 Å². The van der Waals surface area contributed by atoms with Gasteiger partial charge < -0.3 is 4.74 Å². The summed E-state index contributed by atoms with van der Waals surface area (Å²) in [6.07, 6.45) is 0. The van der Waals surface area contributed by atoms with Gasteiger partial charge >= 0.3 is 0 Å². The molecular weight excluding hydrogens is 271 g/mol. The highest BCUT2D eigenvalue weighted by Crippen LogP contribution is 2.29. The van der Waals surface area contributed by atoms with Crippen LogP contribution in [0.5, 0.6) is 11.5 Å². The molecule has 0 spiro atoms. The first-order chi connectivity index (χ1) is 8.06. The van der Waals surface area contributed by atoms with Crippen molar-refractivity contribution in [2.45, 2.75) is 0 Å². The first kappa shape index (κ1) is 12.1. The fraction of sp³-hybridized carbons (Fsp3) is 0. The fourth-order valence-corrected chi connectivity index (χ4v) is 1.64. The van der Waals surface area contributed by atoms with E-state index >= 15 is 0 Å². The van der Waals surface area contributed by atoms with Crippen molar-refractivity contribution in [1.82, 2.24) is 4.98 Å². The van der Waals surface area contributed by atoms with Gasteiger partial charge in [0.15, 0.2) is 17.4 Å². The van der Waals surface area contributed by atoms with Crippen LogP contribution in [0.15, 0.2) is 30.3 Å². The lowest BCUT2D eigenvalue weighted by molar-refractivity contribution is 0.407. The molecule has 2 aromatic rings. The molecule has 1 heterocycles. The lowest BCUT2D eigenvalue weighted by Gasteiger charge is -2.07. The van der Waals surface area contributed by atoms with Crippen molar-refractivity contribution in [1.29, 1.82) is 0 Å². The highest BCUT2D eigenvalue weighted by Gasteiger charge is 2.11. The molecule has 88 valence electrons. The molecular formula is C11H5Cl2F2NO. The van der Waals surface area contributed by atoms with Gasteiger partial charge in [0.1, 0.15) is 16.1 Å². The predicted molar refractivity (Wildman–Crippen MR) is 60.7 cm³/mol. The smallest absolute Gasteiger partial charge is 0.198 e. The number of benzene rings is 1. The Labute approximate surface area is 106 Å². The Hall–Kier alpha value is -1.39. The Morgan fingerprint density at radius 2 is 1.53 bits per heavy atom. The first-order valence-electron chi connectivity index (χ1n) is 4.51. The molecule has 0 atom stereocenters. The lowest BCUT2D eigenvalue weighted by atomic mass is 10.3. The molecule has 0 radical (unpaired) electrons. The van der Waals surface area contributed by atoms with Gasteiger partial charge in [0.05, 0.1) is 0 Å². The zero-order valence-electron chi connectivity index (χ0n) is 8.25. The number of rotatable bonds is 2. The molecule has 0 aliphatic heterocycles. The van der Waals surface area contributed by atoms with Crippen LogP contribution in [0, 0.1) is 11.6 Å². The third-order valence-corrected chi connectivity index (χ3v) is 2.26. The standard InChI is InChI=1S/C11H5Cl2F2NO/c12-9-4-6(5-10(13)16-9)17-11-7(14)2-1-3-8(11)15/h1-5H. The number of aromatic nitrogens is 1. The van der Waals surface area contributed by atoms with Crippen LogP contribution in [0.4, 0.5) is 8.78 Å². The number of nitrogens with zero attached hydrogens (tertiary/aromatic N) is 1. The van der Waals surface area contributed by atoms with Crippen molar-refractivity contribution in [2.24, 2.45) is 0 Å². The molecule has 0 aliphatic rings. The minimum atomic E-state index is -0.811. The summed E-state index contributed by atoms with van der Waals surface area (Å²) in [6, 6.07) is 6.02. The molecule has 17 heavy (non-hydrogen) atoms. The second-order valence-corrected chi connectivity index (χ2v) is 3.88. The van der Waals surface area contributed by atoms with Crippen LogP contribution in [-0.2, 0) is 0 Å². The van der Waals surface area contributed by atoms with E-state index in [1.165, 1.54) is 18.2 Å². The van der Waals surface area contributed by atoms with Crippen LogP contribution in [0.2, 0.25) is 10.3 Å². The Morgan fingerprint density at radius 3 is 2.06 bits per heavy atom. The summed E-state index contributed by atoms with van der Waals surface area (Å²) >= 11 is 11.3. The van der Waals surface area contributed by atoms with Gasteiger partial charge in [0, 0.05) is 12.1 Å². The number of halogens is 4. The van der Waals surface area contributed by atoms with Crippen molar-refractivity contribution < 1.29 is 13.5 Å². The molecule has 1 aromatic carbocycles. The van der Waals surface area contributed by atoms with Crippen molar-refractivity contribution in [3.8, 4) is 11.5 Å². The van der Waals surface area contributed by atoms with Gasteiger partial charge in [-0.3, -0.25) is 0 Å². The monoisotopic (exact) mass is 275 g/mol. The Morgan fingerprint density at radius 1 is 1.00 bits per heavy atom. The van der Waals surface area contributed by atoms with Crippen LogP contribution in [0.1, 0.15) is 0 Å². The molecule has 0 fully saturated rings. The SMILES string of the molecule is Fc1cccc(F)c1Oc1cc(Cl)nc(Cl)c1. The van der Waals surface area contributed by atoms with Crippen LogP contribution < -0.4 is 4.74 Å². The molecule has 0 aliphatic carbocycles. The lowest BCUT2D eigenvalue weighted by Crippen LogP contribution is -1.92. The average molecular weight is 276 g/mol. The third kappa shape index (κ3) is 2.84. The highest BCUT2D eigenvalue weighted by molar-refractivity contribution is 6.32. The zero-order valence-corrected chi connectivity index (χ0v) is 9.77. The van der Waals surface area contributed by atoms with Crippen molar-refractivity contribution in [3.05, 3.63) is 52.3 Å². The summed E-state index contributed by atoms with van der Waals surface area (Å²) in [6.45, 7) is 0. The molecule has 6 heteroatoms. The van der Waals surface area contributed by atoms with Crippen LogP contribution in [0.25, 0.3) is 0 Å². The molecule has 0 N–H and O–H groups in total. The van der Waals surface area contributed by atoms with Gasteiger partial charge in [0.25, 0.3) is 0 Å². The normalized spacial score (nSPS) is 10.4. The summed E-state index contributed by atoms with van der Waals surface area (Å²) in [5.41, 5.74) is 0. The minimum Gasteiger partial charge on any atom is -0.451 e. The van der Waals surface area contributed by atoms with E-state index in [0.717, 1.165) is 12.1 Å². The predicted octanol–water partition coefficient (Wildman–Crippen LogP) is 4.46. The summed E-state index contributed by atoms with van der Waals surface area (Å²) in [7, 11) is 0. The summed E-state index contributed by atoms with van der Waals surface area (Å²) in [5, 5.41) is 0.147. The summed E-state index contributed by atoms with van der Waals surface area (Å²) < 4.78 is 31.6. The topological polar surface area (TPSA) is 22.1 Å². The van der Waals surface area contributed by atoms with Crippen molar-refractivity contribution >= 4 is 23.2 Å². The third-order valence-electron chi connectivity index (χ3n) is 1.88. The largest absolute Gasteiger partial charge is 0.451 e. The number of ether oxygens (including phenoxy) is 1. The number of hydrogen-bond acceptors (Lipinski definition) is 2. The van der Waals surface area contributed by atoms with E-state index in [1.807, 2.05) is 0 Å². The van der Waals surface area contributed by atoms with E-state index in [2.05, 4.69) is 4.98 Å². The molecule has 1 aromatic heterocycles. The van der Waals surface area contributed by atoms with E-state index in [-0.39, 0.29) is 16.1 Å². The number of pyridine rings is 1. The molecule has 0 saturated carbocycles. The number of hydrogen-bond donors (Lipinski definition) is 0. The van der Waals surface area contributed by atoms with Crippen LogP contribution >= 0.6 is 23.2 Å². The van der Waals surface area contributed by atoms with E-state index in [1.54, 1.807) is 0 Å². The van der Waals surface area contributed by atoms with Gasteiger partial charge in [-0.25, -0.2) is 13.8 Å². The van der Waals surface area contributed by atoms with E-state index in [0.29, 0.717) is 0 Å². The maximum Gasteiger partial charge on any atom is 0.198 e. The van der Waals surface area contributed by atoms with Gasteiger partial charge in [0.2, 0.25) is 0 Å². The van der Waals surface area contributed by atoms with Crippen molar-refractivity contribution in [3.63, 3.8) is 0 Å². The number of para-hydroxylation sites is 1. The zero-order chi connectivity index (χ0) is 12.4. The Bertz CT molecular complexity index is 523. The van der Waals surface area contributed by atoms with Crippen LogP contribution in [0.3, 0.4) is 0 Å². The Balaban J connectivity index is 2.38. The maximum atomic E-state index is 13.3. The molecule has 2 rings (SSSR count). The Kier molecular flexibility index (Phi) is 3.45. The second-order valence-electron chi connectivity index (χ2n) is 3.10. The molecule has 0 bridgehead atoms. The second kappa shape index (κ2) is 4.85. The van der Waals surface area contributed by atoms with Crippen LogP contribution in [-0.4, -0.2) is 4.98 Å². The van der Waals surface area contributed by atoms with Gasteiger partial charge in [-0.2, -0.15) is 0 Å². The van der Waals surface area contributed by atoms with Gasteiger partial charge in [-0.05, 0) is 12.1 Å². The quantitative estimate of drug-likeness (QED) is 0.755. The molecule has 0 amide bonds. The molecule has 2 nitrogen and oxygen atoms in total. The van der Waals surface area contributed by atoms with Crippen molar-refractivity contribution in [2.75, 3.05) is 0 Å². The summed E-state index contributed by atoms with van der Waals surface area (Å²) in [4.78, 5) is 3.68. The highest BCUT2D eigenvalue weighted by atomic mass is 35.5. The summed E-state index contributed by atoms with van der Waals surface area (Å²) in [5.74, 6) is -2.02. The first-order valence-corrected chi connectivity index (χ1v) is 5.27.